The van der Waals surface area contributed by atoms with Gasteiger partial charge in [0.05, 0.1) is 18.0 Å². The van der Waals surface area contributed by atoms with Crippen LogP contribution >= 0.6 is 22.7 Å². The molecule has 2 aromatic carbocycles. The van der Waals surface area contributed by atoms with Gasteiger partial charge >= 0.3 is 5.97 Å². The van der Waals surface area contributed by atoms with E-state index >= 15 is 0 Å². The number of ether oxygens (including phenoxy) is 1. The minimum absolute atomic E-state index is 0.0380. The Labute approximate surface area is 195 Å². The van der Waals surface area contributed by atoms with E-state index in [1.54, 1.807) is 11.3 Å². The molecule has 5 nitrogen and oxygen atoms in total. The number of fused-ring (bicyclic) bond motifs is 1. The van der Waals surface area contributed by atoms with Gasteiger partial charge in [0, 0.05) is 21.9 Å². The molecule has 0 saturated carbocycles. The average Bonchev–Trinajstić information content (AvgIpc) is 3.42. The van der Waals surface area contributed by atoms with Crippen LogP contribution in [0.15, 0.2) is 64.2 Å². The van der Waals surface area contributed by atoms with Gasteiger partial charge in [0.2, 0.25) is 0 Å². The minimum Gasteiger partial charge on any atom is -0.466 e. The Hall–Kier alpha value is -2.68. The SMILES string of the molecule is CC(=O)OCCCCS(=O)(=O)c1sc2cc(-c3cccs3)cc(-c3ccccc3)c2c1N. The van der Waals surface area contributed by atoms with Gasteiger partial charge in [-0.2, -0.15) is 0 Å². The lowest BCUT2D eigenvalue weighted by molar-refractivity contribution is -0.141. The van der Waals surface area contributed by atoms with Gasteiger partial charge < -0.3 is 10.5 Å². The zero-order chi connectivity index (χ0) is 22.7. The van der Waals surface area contributed by atoms with Gasteiger partial charge in [-0.05, 0) is 53.1 Å². The second-order valence-corrected chi connectivity index (χ2v) is 11.7. The fourth-order valence-corrected chi connectivity index (χ4v) is 7.46. The zero-order valence-electron chi connectivity index (χ0n) is 17.5. The molecular weight excluding hydrogens is 462 g/mol. The van der Waals surface area contributed by atoms with Crippen LogP contribution in [0.4, 0.5) is 5.69 Å². The van der Waals surface area contributed by atoms with Gasteiger partial charge in [0.25, 0.3) is 0 Å². The van der Waals surface area contributed by atoms with Crippen molar-refractivity contribution in [3.05, 3.63) is 60.0 Å². The predicted octanol–water partition coefficient (Wildman–Crippen LogP) is 6.00. The summed E-state index contributed by atoms with van der Waals surface area (Å²) in [6, 6.07) is 18.0. The average molecular weight is 486 g/mol. The number of hydrogen-bond donors (Lipinski definition) is 1. The standard InChI is InChI=1S/C24H23NO4S3/c1-16(26)29-11-5-6-13-32(27,28)24-23(25)22-19(17-8-3-2-4-9-17)14-18(15-21(22)31-24)20-10-7-12-30-20/h2-4,7-10,12,14-15H,5-6,11,13,25H2,1H3. The van der Waals surface area contributed by atoms with Gasteiger partial charge in [-0.15, -0.1) is 22.7 Å². The molecule has 0 saturated heterocycles. The molecule has 166 valence electrons. The zero-order valence-corrected chi connectivity index (χ0v) is 20.0. The van der Waals surface area contributed by atoms with Crippen molar-refractivity contribution in [2.75, 3.05) is 18.1 Å². The highest BCUT2D eigenvalue weighted by Crippen LogP contribution is 2.45. The number of hydrogen-bond acceptors (Lipinski definition) is 7. The Morgan fingerprint density at radius 2 is 1.81 bits per heavy atom. The maximum absolute atomic E-state index is 13.1. The van der Waals surface area contributed by atoms with Crippen molar-refractivity contribution >= 4 is 54.3 Å². The number of carbonyl (C=O) groups excluding carboxylic acids is 1. The summed E-state index contributed by atoms with van der Waals surface area (Å²) in [5.41, 5.74) is 9.73. The predicted molar refractivity (Wildman–Crippen MR) is 133 cm³/mol. The first kappa shape index (κ1) is 22.5. The molecule has 2 aromatic heterocycles. The van der Waals surface area contributed by atoms with E-state index in [1.165, 1.54) is 18.3 Å². The summed E-state index contributed by atoms with van der Waals surface area (Å²) in [7, 11) is -3.56. The van der Waals surface area contributed by atoms with E-state index in [0.29, 0.717) is 18.5 Å². The molecule has 0 spiro atoms. The maximum atomic E-state index is 13.1. The number of sulfone groups is 1. The van der Waals surface area contributed by atoms with E-state index in [0.717, 1.165) is 31.7 Å². The number of thiophene rings is 2. The molecule has 0 atom stereocenters. The highest BCUT2D eigenvalue weighted by molar-refractivity contribution is 7.93. The van der Waals surface area contributed by atoms with Gasteiger partial charge in [0.15, 0.2) is 9.84 Å². The van der Waals surface area contributed by atoms with Crippen molar-refractivity contribution in [1.82, 2.24) is 0 Å². The fourth-order valence-electron chi connectivity index (χ4n) is 3.59. The van der Waals surface area contributed by atoms with E-state index in [4.69, 9.17) is 10.5 Å². The number of unbranched alkanes of at least 4 members (excludes halogenated alkanes) is 1. The van der Waals surface area contributed by atoms with Crippen LogP contribution in [-0.4, -0.2) is 26.7 Å². The topological polar surface area (TPSA) is 86.5 Å². The lowest BCUT2D eigenvalue weighted by atomic mass is 9.98. The van der Waals surface area contributed by atoms with Crippen LogP contribution in [0.5, 0.6) is 0 Å². The van der Waals surface area contributed by atoms with E-state index in [2.05, 4.69) is 12.1 Å². The van der Waals surface area contributed by atoms with Gasteiger partial charge in [0.1, 0.15) is 4.21 Å². The molecule has 0 fully saturated rings. The van der Waals surface area contributed by atoms with Crippen LogP contribution in [-0.2, 0) is 19.4 Å². The fraction of sp³-hybridized carbons (Fsp3) is 0.208. The van der Waals surface area contributed by atoms with Crippen LogP contribution < -0.4 is 5.73 Å². The van der Waals surface area contributed by atoms with Crippen LogP contribution in [0.2, 0.25) is 0 Å². The van der Waals surface area contributed by atoms with Gasteiger partial charge in [-0.1, -0.05) is 36.4 Å². The number of anilines is 1. The Bertz CT molecular complexity index is 1340. The Balaban J connectivity index is 1.76. The molecule has 8 heteroatoms. The summed E-state index contributed by atoms with van der Waals surface area (Å²) in [5, 5.41) is 2.80. The molecule has 4 aromatic rings. The Morgan fingerprint density at radius 3 is 2.50 bits per heavy atom. The molecule has 2 N–H and O–H groups in total. The molecule has 2 heterocycles. The summed E-state index contributed by atoms with van der Waals surface area (Å²) in [6.07, 6.45) is 0.886. The molecule has 0 radical (unpaired) electrons. The number of rotatable bonds is 8. The number of nitrogen functional groups attached to an aromatic ring is 1. The van der Waals surface area contributed by atoms with Crippen LogP contribution in [0.25, 0.3) is 31.7 Å². The van der Waals surface area contributed by atoms with Crippen molar-refractivity contribution in [2.45, 2.75) is 24.0 Å². The first-order chi connectivity index (χ1) is 15.4. The second-order valence-electron chi connectivity index (χ2n) is 7.41. The first-order valence-electron chi connectivity index (χ1n) is 10.2. The van der Waals surface area contributed by atoms with E-state index in [1.807, 2.05) is 47.8 Å². The third-order valence-electron chi connectivity index (χ3n) is 5.08. The van der Waals surface area contributed by atoms with Crippen LogP contribution in [0.1, 0.15) is 19.8 Å². The van der Waals surface area contributed by atoms with E-state index < -0.39 is 9.84 Å². The quantitative estimate of drug-likeness (QED) is 0.244. The monoisotopic (exact) mass is 485 g/mol. The third kappa shape index (κ3) is 4.72. The van der Waals surface area contributed by atoms with Crippen LogP contribution in [0, 0.1) is 0 Å². The van der Waals surface area contributed by atoms with E-state index in [9.17, 15) is 13.2 Å². The summed E-state index contributed by atoms with van der Waals surface area (Å²) in [6.45, 7) is 1.55. The molecule has 0 amide bonds. The summed E-state index contributed by atoms with van der Waals surface area (Å²) < 4.78 is 32.2. The van der Waals surface area contributed by atoms with E-state index in [-0.39, 0.29) is 22.5 Å². The lowest BCUT2D eigenvalue weighted by Crippen LogP contribution is -2.09. The van der Waals surface area contributed by atoms with Gasteiger partial charge in [-0.25, -0.2) is 8.42 Å². The second kappa shape index (κ2) is 9.44. The Kier molecular flexibility index (Phi) is 6.64. The van der Waals surface area contributed by atoms with Crippen molar-refractivity contribution < 1.29 is 17.9 Å². The van der Waals surface area contributed by atoms with Crippen molar-refractivity contribution in [1.29, 1.82) is 0 Å². The highest BCUT2D eigenvalue weighted by atomic mass is 32.2. The van der Waals surface area contributed by atoms with Crippen LogP contribution in [0.3, 0.4) is 0 Å². The highest BCUT2D eigenvalue weighted by Gasteiger charge is 2.25. The van der Waals surface area contributed by atoms with Crippen molar-refractivity contribution in [3.63, 3.8) is 0 Å². The summed E-state index contributed by atoms with van der Waals surface area (Å²) in [4.78, 5) is 12.0. The smallest absolute Gasteiger partial charge is 0.302 e. The lowest BCUT2D eigenvalue weighted by Gasteiger charge is -2.09. The number of nitrogens with two attached hydrogens (primary N) is 1. The number of esters is 1. The molecule has 32 heavy (non-hydrogen) atoms. The van der Waals surface area contributed by atoms with Gasteiger partial charge in [-0.3, -0.25) is 4.79 Å². The number of benzene rings is 2. The molecule has 0 aliphatic carbocycles. The third-order valence-corrected chi connectivity index (χ3v) is 9.57. The summed E-state index contributed by atoms with van der Waals surface area (Å²) in [5.74, 6) is -0.402. The van der Waals surface area contributed by atoms with Crippen molar-refractivity contribution in [3.8, 4) is 21.6 Å². The molecular formula is C24H23NO4S3. The summed E-state index contributed by atoms with van der Waals surface area (Å²) >= 11 is 2.87. The molecule has 0 unspecified atom stereocenters. The molecule has 0 aliphatic heterocycles. The largest absolute Gasteiger partial charge is 0.466 e. The Morgan fingerprint density at radius 1 is 1.03 bits per heavy atom. The first-order valence-corrected chi connectivity index (χ1v) is 13.5. The normalized spacial score (nSPS) is 11.7. The minimum atomic E-state index is -3.56. The van der Waals surface area contributed by atoms with Crippen molar-refractivity contribution in [2.24, 2.45) is 0 Å². The molecule has 0 bridgehead atoms. The molecule has 0 aliphatic rings. The maximum Gasteiger partial charge on any atom is 0.302 e. The number of carbonyl (C=O) groups is 1. The molecule has 4 rings (SSSR count).